The van der Waals surface area contributed by atoms with Crippen LogP contribution in [0.2, 0.25) is 0 Å². The van der Waals surface area contributed by atoms with Gasteiger partial charge in [-0.05, 0) is 54.4 Å². The minimum absolute atomic E-state index is 0. The number of hydrogen-bond acceptors (Lipinski definition) is 4. The average molecular weight is 381 g/mol. The number of fused-ring (bicyclic) bond motifs is 1. The van der Waals surface area contributed by atoms with E-state index in [1.807, 2.05) is 6.07 Å². The van der Waals surface area contributed by atoms with Crippen LogP contribution in [0.3, 0.4) is 0 Å². The topological polar surface area (TPSA) is 59.6 Å². The number of carbonyl (C=O) groups is 1. The van der Waals surface area contributed by atoms with Gasteiger partial charge in [0.25, 0.3) is 0 Å². The summed E-state index contributed by atoms with van der Waals surface area (Å²) in [6.07, 6.45) is 0.773. The van der Waals surface area contributed by atoms with Crippen LogP contribution in [0.4, 0.5) is 10.1 Å². The van der Waals surface area contributed by atoms with E-state index in [-0.39, 0.29) is 42.8 Å². The minimum atomic E-state index is -0.330. The van der Waals surface area contributed by atoms with Gasteiger partial charge in [0.05, 0.1) is 25.8 Å². The summed E-state index contributed by atoms with van der Waals surface area (Å²) in [5, 5.41) is 5.83. The van der Waals surface area contributed by atoms with Gasteiger partial charge in [-0.1, -0.05) is 6.07 Å². The van der Waals surface area contributed by atoms with E-state index in [0.717, 1.165) is 17.9 Å². The monoisotopic (exact) mass is 380 g/mol. The first kappa shape index (κ1) is 20.0. The van der Waals surface area contributed by atoms with Gasteiger partial charge in [-0.2, -0.15) is 0 Å². The highest BCUT2D eigenvalue weighted by Crippen LogP contribution is 2.24. The second-order valence-electron chi connectivity index (χ2n) is 5.81. The molecule has 0 fully saturated rings. The molecule has 7 heteroatoms. The molecular formula is C19H22ClFN2O3. The lowest BCUT2D eigenvalue weighted by Crippen LogP contribution is -2.25. The molecule has 3 rings (SSSR count). The molecule has 2 aromatic rings. The molecule has 26 heavy (non-hydrogen) atoms. The van der Waals surface area contributed by atoms with E-state index in [1.54, 1.807) is 37.4 Å². The fourth-order valence-electron chi connectivity index (χ4n) is 2.78. The van der Waals surface area contributed by atoms with Gasteiger partial charge in [0.2, 0.25) is 5.91 Å². The summed E-state index contributed by atoms with van der Waals surface area (Å²) in [6, 6.07) is 10.6. The highest BCUT2D eigenvalue weighted by atomic mass is 35.5. The van der Waals surface area contributed by atoms with E-state index >= 15 is 0 Å². The first-order valence-electron chi connectivity index (χ1n) is 8.25. The Balaban J connectivity index is 0.00000243. The summed E-state index contributed by atoms with van der Waals surface area (Å²) < 4.78 is 25.1. The summed E-state index contributed by atoms with van der Waals surface area (Å²) in [4.78, 5) is 12.0. The van der Waals surface area contributed by atoms with Crippen LogP contribution in [0.25, 0.3) is 0 Å². The molecule has 1 amide bonds. The van der Waals surface area contributed by atoms with Crippen molar-refractivity contribution in [1.29, 1.82) is 0 Å². The molecule has 0 spiro atoms. The third kappa shape index (κ3) is 4.86. The van der Waals surface area contributed by atoms with Crippen molar-refractivity contribution < 1.29 is 18.7 Å². The van der Waals surface area contributed by atoms with E-state index in [0.29, 0.717) is 24.3 Å². The van der Waals surface area contributed by atoms with Crippen LogP contribution in [0.1, 0.15) is 17.5 Å². The number of ether oxygens (including phenoxy) is 2. The van der Waals surface area contributed by atoms with E-state index in [4.69, 9.17) is 9.47 Å². The molecule has 5 nitrogen and oxygen atoms in total. The molecule has 1 aliphatic heterocycles. The number of rotatable bonds is 6. The molecule has 1 heterocycles. The Morgan fingerprint density at radius 3 is 2.65 bits per heavy atom. The van der Waals surface area contributed by atoms with Gasteiger partial charge >= 0.3 is 0 Å². The number of hydrogen-bond donors (Lipinski definition) is 2. The fraction of sp³-hybridized carbons (Fsp3) is 0.316. The van der Waals surface area contributed by atoms with Crippen LogP contribution in [0, 0.1) is 5.82 Å². The Bertz CT molecular complexity index is 753. The molecular weight excluding hydrogens is 359 g/mol. The van der Waals surface area contributed by atoms with Crippen molar-refractivity contribution in [1.82, 2.24) is 5.32 Å². The summed E-state index contributed by atoms with van der Waals surface area (Å²) in [5.74, 6) is 0.786. The van der Waals surface area contributed by atoms with Crippen molar-refractivity contribution >= 4 is 24.0 Å². The van der Waals surface area contributed by atoms with E-state index in [2.05, 4.69) is 10.6 Å². The zero-order chi connectivity index (χ0) is 17.6. The number of anilines is 1. The lowest BCUT2D eigenvalue weighted by molar-refractivity contribution is -0.116. The molecule has 2 aromatic carbocycles. The van der Waals surface area contributed by atoms with Crippen molar-refractivity contribution in [2.24, 2.45) is 0 Å². The number of amides is 1. The summed E-state index contributed by atoms with van der Waals surface area (Å²) in [7, 11) is 1.59. The van der Waals surface area contributed by atoms with Crippen molar-refractivity contribution in [3.63, 3.8) is 0 Å². The molecule has 0 atom stereocenters. The van der Waals surface area contributed by atoms with Crippen LogP contribution in [-0.2, 0) is 17.8 Å². The zero-order valence-corrected chi connectivity index (χ0v) is 15.3. The molecule has 1 aliphatic rings. The van der Waals surface area contributed by atoms with Crippen molar-refractivity contribution in [3.8, 4) is 11.5 Å². The quantitative estimate of drug-likeness (QED) is 0.807. The maximum Gasteiger partial charge on any atom is 0.227 e. The second-order valence-corrected chi connectivity index (χ2v) is 5.81. The molecule has 0 aromatic heterocycles. The normalized spacial score (nSPS) is 12.5. The van der Waals surface area contributed by atoms with Gasteiger partial charge < -0.3 is 20.1 Å². The molecule has 140 valence electrons. The minimum Gasteiger partial charge on any atom is -0.497 e. The molecule has 0 aliphatic carbocycles. The largest absolute Gasteiger partial charge is 0.497 e. The molecule has 0 saturated heterocycles. The smallest absolute Gasteiger partial charge is 0.227 e. The molecule has 0 unspecified atom stereocenters. The maximum absolute atomic E-state index is 14.5. The number of halogens is 2. The highest BCUT2D eigenvalue weighted by molar-refractivity contribution is 5.91. The number of methoxy groups -OCH3 is 1. The van der Waals surface area contributed by atoms with Crippen molar-refractivity contribution in [2.45, 2.75) is 19.4 Å². The van der Waals surface area contributed by atoms with Crippen LogP contribution in [0.5, 0.6) is 11.5 Å². The zero-order valence-electron chi connectivity index (χ0n) is 14.5. The molecule has 0 saturated carbocycles. The van der Waals surface area contributed by atoms with E-state index in [9.17, 15) is 9.18 Å². The Morgan fingerprint density at radius 1 is 1.19 bits per heavy atom. The average Bonchev–Trinajstić information content (AvgIpc) is 2.65. The number of carbonyl (C=O) groups excluding carboxylic acids is 1. The first-order valence-corrected chi connectivity index (χ1v) is 8.25. The maximum atomic E-state index is 14.5. The van der Waals surface area contributed by atoms with Gasteiger partial charge in [0.15, 0.2) is 0 Å². The van der Waals surface area contributed by atoms with E-state index < -0.39 is 0 Å². The second kappa shape index (κ2) is 9.40. The van der Waals surface area contributed by atoms with Crippen molar-refractivity contribution in [2.75, 3.05) is 25.6 Å². The predicted molar refractivity (Wildman–Crippen MR) is 101 cm³/mol. The first-order chi connectivity index (χ1) is 12.2. The third-order valence-electron chi connectivity index (χ3n) is 4.14. The molecule has 0 radical (unpaired) electrons. The van der Waals surface area contributed by atoms with Crippen LogP contribution >= 0.6 is 12.4 Å². The fourth-order valence-corrected chi connectivity index (χ4v) is 2.78. The van der Waals surface area contributed by atoms with Gasteiger partial charge in [0.1, 0.15) is 17.3 Å². The Kier molecular flexibility index (Phi) is 7.24. The Hall–Kier alpha value is -2.31. The number of benzene rings is 2. The third-order valence-corrected chi connectivity index (χ3v) is 4.14. The number of nitrogens with one attached hydrogen (secondary N) is 2. The van der Waals surface area contributed by atoms with E-state index in [1.165, 1.54) is 0 Å². The highest BCUT2D eigenvalue weighted by Gasteiger charge is 2.17. The van der Waals surface area contributed by atoms with Crippen LogP contribution in [0.15, 0.2) is 36.4 Å². The van der Waals surface area contributed by atoms with Crippen LogP contribution < -0.4 is 20.1 Å². The van der Waals surface area contributed by atoms with Gasteiger partial charge in [-0.25, -0.2) is 4.39 Å². The summed E-state index contributed by atoms with van der Waals surface area (Å²) in [6.45, 7) is 1.63. The molecule has 0 bridgehead atoms. The van der Waals surface area contributed by atoms with Gasteiger partial charge in [-0.15, -0.1) is 12.4 Å². The van der Waals surface area contributed by atoms with Crippen molar-refractivity contribution in [3.05, 3.63) is 53.3 Å². The lowest BCUT2D eigenvalue weighted by atomic mass is 9.99. The summed E-state index contributed by atoms with van der Waals surface area (Å²) in [5.41, 5.74) is 1.87. The standard InChI is InChI=1S/C19H21FN2O3.ClH/c1-24-14-3-5-15(6-4-14)25-11-9-18(23)22-17-7-2-13-12-21-10-8-16(13)19(17)20;/h2-7,21H,8-12H2,1H3,(H,22,23);1H. The Morgan fingerprint density at radius 2 is 1.92 bits per heavy atom. The lowest BCUT2D eigenvalue weighted by Gasteiger charge is -2.19. The summed E-state index contributed by atoms with van der Waals surface area (Å²) >= 11 is 0. The molecule has 2 N–H and O–H groups in total. The predicted octanol–water partition coefficient (Wildman–Crippen LogP) is 3.31. The Labute approximate surface area is 158 Å². The van der Waals surface area contributed by atoms with Gasteiger partial charge in [-0.3, -0.25) is 4.79 Å². The van der Waals surface area contributed by atoms with Gasteiger partial charge in [0, 0.05) is 6.54 Å². The SMILES string of the molecule is COc1ccc(OCCC(=O)Nc2ccc3c(c2F)CCNC3)cc1.Cl. The van der Waals surface area contributed by atoms with Crippen LogP contribution in [-0.4, -0.2) is 26.2 Å².